The first-order valence-electron chi connectivity index (χ1n) is 11.1. The summed E-state index contributed by atoms with van der Waals surface area (Å²) in [7, 11) is -13.7. The molecule has 2 heterocycles. The molecule has 0 spiro atoms. The molecule has 224 valence electrons. The van der Waals surface area contributed by atoms with Gasteiger partial charge in [-0.1, -0.05) is 61.1 Å². The molecule has 2 rings (SSSR count). The van der Waals surface area contributed by atoms with Crippen molar-refractivity contribution in [2.24, 2.45) is 0 Å². The summed E-state index contributed by atoms with van der Waals surface area (Å²) >= 11 is 0. The average molecular weight is 657 g/mol. The second-order valence-electron chi connectivity index (χ2n) is 8.89. The van der Waals surface area contributed by atoms with Crippen molar-refractivity contribution < 1.29 is 65.8 Å². The quantitative estimate of drug-likeness (QED) is 0.0583. The molecule has 6 atom stereocenters. The summed E-state index contributed by atoms with van der Waals surface area (Å²) in [4.78, 5) is 50.1. The summed E-state index contributed by atoms with van der Waals surface area (Å²) in [6.45, 7) is 7.05. The number of amides is 2. The Bertz CT molecular complexity index is 1120. The van der Waals surface area contributed by atoms with Crippen LogP contribution in [0.15, 0.2) is 11.8 Å². The number of phosphoric acid groups is 3. The zero-order valence-electron chi connectivity index (χ0n) is 21.2. The Morgan fingerprint density at radius 3 is 2.44 bits per heavy atom. The highest BCUT2D eigenvalue weighted by molar-refractivity contribution is 8.77. The van der Waals surface area contributed by atoms with E-state index in [0.717, 1.165) is 4.90 Å². The maximum atomic E-state index is 12.5. The fraction of sp³-hybridized carbons (Fsp3) is 0.722. The largest absolute Gasteiger partial charge is 0.490 e. The highest BCUT2D eigenvalue weighted by Crippen LogP contribution is 2.66. The van der Waals surface area contributed by atoms with Crippen LogP contribution in [-0.2, 0) is 36.3 Å². The number of rotatable bonds is 12. The molecule has 2 amide bonds. The number of urea groups is 1. The van der Waals surface area contributed by atoms with E-state index in [2.05, 4.69) is 25.8 Å². The third kappa shape index (κ3) is 12.5. The first kappa shape index (κ1) is 34.8. The van der Waals surface area contributed by atoms with Crippen molar-refractivity contribution in [1.29, 1.82) is 0 Å². The van der Waals surface area contributed by atoms with Gasteiger partial charge in [-0.15, -0.1) is 0 Å². The van der Waals surface area contributed by atoms with Crippen molar-refractivity contribution in [3.63, 3.8) is 0 Å². The summed E-state index contributed by atoms with van der Waals surface area (Å²) in [6, 6.07) is -0.709. The van der Waals surface area contributed by atoms with Gasteiger partial charge in [-0.3, -0.25) is 9.42 Å². The van der Waals surface area contributed by atoms with Crippen molar-refractivity contribution in [3.05, 3.63) is 11.8 Å². The lowest BCUT2D eigenvalue weighted by molar-refractivity contribution is -0.0621. The number of ether oxygens (including phenoxy) is 2. The summed E-state index contributed by atoms with van der Waals surface area (Å²) in [5, 5.41) is 12.4. The summed E-state index contributed by atoms with van der Waals surface area (Å²) in [5.41, 5.74) is 0.200. The number of hydrogen-bond acceptors (Lipinski definition) is 12. The maximum Gasteiger partial charge on any atom is 0.490 e. The Labute approximate surface area is 233 Å². The molecule has 3 unspecified atom stereocenters. The maximum absolute atomic E-state index is 12.5. The molecule has 1 saturated heterocycles. The Kier molecular flexibility index (Phi) is 12.6. The molecular weight excluding hydrogens is 625 g/mol. The fourth-order valence-electron chi connectivity index (χ4n) is 3.04. The van der Waals surface area contributed by atoms with Gasteiger partial charge in [0, 0.05) is 23.8 Å². The van der Waals surface area contributed by atoms with Gasteiger partial charge in [-0.25, -0.2) is 18.5 Å². The van der Waals surface area contributed by atoms with E-state index in [9.17, 15) is 33.4 Å². The topological polar surface area (TPSA) is 231 Å². The minimum atomic E-state index is -5.70. The lowest BCUT2D eigenvalue weighted by Crippen LogP contribution is -2.51. The van der Waals surface area contributed by atoms with Crippen LogP contribution in [0.4, 0.5) is 4.79 Å². The minimum Gasteiger partial charge on any atom is -0.369 e. The highest BCUT2D eigenvalue weighted by atomic mass is 33.1. The number of hydrogen-bond donors (Lipinski definition) is 6. The molecule has 0 aromatic heterocycles. The van der Waals surface area contributed by atoms with Gasteiger partial charge in [-0.05, 0) is 0 Å². The van der Waals surface area contributed by atoms with Crippen LogP contribution in [0.3, 0.4) is 0 Å². The van der Waals surface area contributed by atoms with E-state index in [1.54, 1.807) is 6.92 Å². The number of nitrogens with one attached hydrogen (secondary N) is 1. The first-order chi connectivity index (χ1) is 17.8. The number of nitrogens with zero attached hydrogens (tertiary/aromatic N) is 1. The molecular formula is C18H31N2O14P3S2. The number of carbonyl (C=O) groups excluding carboxylic acids is 1. The average Bonchev–Trinajstić information content (AvgIpc) is 3.14. The Morgan fingerprint density at radius 2 is 1.85 bits per heavy atom. The molecule has 16 nitrogen and oxygen atoms in total. The summed E-state index contributed by atoms with van der Waals surface area (Å²) in [6.07, 6.45) is -2.38. The molecule has 2 aliphatic rings. The van der Waals surface area contributed by atoms with E-state index in [0.29, 0.717) is 6.42 Å². The molecule has 0 saturated carbocycles. The van der Waals surface area contributed by atoms with Crippen LogP contribution in [0.1, 0.15) is 40.5 Å². The third-order valence-electron chi connectivity index (χ3n) is 4.42. The van der Waals surface area contributed by atoms with Crippen LogP contribution >= 0.6 is 45.1 Å². The van der Waals surface area contributed by atoms with Crippen molar-refractivity contribution in [2.75, 3.05) is 12.5 Å². The second-order valence-corrected chi connectivity index (χ2v) is 16.4. The Hall–Kier alpha value is -0.440. The molecule has 39 heavy (non-hydrogen) atoms. The molecule has 1 fully saturated rings. The Morgan fingerprint density at radius 1 is 1.18 bits per heavy atom. The Balaban J connectivity index is 2.16. The minimum absolute atomic E-state index is 0.0552. The zero-order chi connectivity index (χ0) is 29.6. The van der Waals surface area contributed by atoms with Crippen molar-refractivity contribution in [3.8, 4) is 11.8 Å². The monoisotopic (exact) mass is 656 g/mol. The summed E-state index contributed by atoms with van der Waals surface area (Å²) < 4.78 is 58.3. The highest BCUT2D eigenvalue weighted by Gasteiger charge is 2.45. The smallest absolute Gasteiger partial charge is 0.369 e. The predicted octanol–water partition coefficient (Wildman–Crippen LogP) is 2.61. The molecule has 0 aromatic carbocycles. The van der Waals surface area contributed by atoms with E-state index in [1.807, 2.05) is 20.8 Å². The van der Waals surface area contributed by atoms with Gasteiger partial charge >= 0.3 is 29.5 Å². The standard InChI is InChI=1S/C18H31N2O14P3S2/c1-5-6-7-12-9-20(17(22)19-16(12)21)15-8-13(30-11-38-39-18(2,3)4)14(32-15)10-31-36(26,27)34-37(28,29)33-35(23,24)25/h9,13-16,21H,5,8,10-11H2,1-4H3,(H,19,22)(H,26,27)(H,28,29)(H2,23,24,25)/t13-,14-,15-,16?/m1/s1. The van der Waals surface area contributed by atoms with Gasteiger partial charge in [0.1, 0.15) is 18.3 Å². The van der Waals surface area contributed by atoms with Gasteiger partial charge in [0.2, 0.25) is 0 Å². The van der Waals surface area contributed by atoms with Crippen LogP contribution < -0.4 is 5.32 Å². The lowest BCUT2D eigenvalue weighted by Gasteiger charge is -2.31. The molecule has 6 N–H and O–H groups in total. The van der Waals surface area contributed by atoms with Gasteiger partial charge in [-0.2, -0.15) is 8.62 Å². The normalized spacial score (nSPS) is 27.2. The van der Waals surface area contributed by atoms with Crippen molar-refractivity contribution in [1.82, 2.24) is 10.2 Å². The molecule has 0 aliphatic carbocycles. The fourth-order valence-corrected chi connectivity index (χ4v) is 8.07. The van der Waals surface area contributed by atoms with Gasteiger partial charge in [0.15, 0.2) is 6.23 Å². The van der Waals surface area contributed by atoms with Crippen LogP contribution in [0.25, 0.3) is 0 Å². The van der Waals surface area contributed by atoms with Crippen LogP contribution in [-0.4, -0.2) is 77.6 Å². The van der Waals surface area contributed by atoms with Gasteiger partial charge in [0.05, 0.1) is 18.3 Å². The third-order valence-corrected chi connectivity index (χ3v) is 11.2. The lowest BCUT2D eigenvalue weighted by atomic mass is 10.1. The zero-order valence-corrected chi connectivity index (χ0v) is 25.5. The molecule has 0 aromatic rings. The van der Waals surface area contributed by atoms with E-state index in [4.69, 9.17) is 23.8 Å². The molecule has 2 aliphatic heterocycles. The van der Waals surface area contributed by atoms with Gasteiger partial charge in [0.25, 0.3) is 0 Å². The first-order valence-corrected chi connectivity index (χ1v) is 18.0. The van der Waals surface area contributed by atoms with Crippen molar-refractivity contribution in [2.45, 2.75) is 69.9 Å². The van der Waals surface area contributed by atoms with Crippen LogP contribution in [0.2, 0.25) is 0 Å². The van der Waals surface area contributed by atoms with E-state index in [-0.39, 0.29) is 22.7 Å². The summed E-state index contributed by atoms with van der Waals surface area (Å²) in [5.74, 6) is 5.68. The van der Waals surface area contributed by atoms with E-state index < -0.39 is 60.8 Å². The number of carbonyl (C=O) groups is 1. The number of aliphatic hydroxyl groups is 1. The molecule has 21 heteroatoms. The number of aliphatic hydroxyl groups excluding tert-OH is 1. The molecule has 0 radical (unpaired) electrons. The second kappa shape index (κ2) is 14.2. The van der Waals surface area contributed by atoms with Crippen LogP contribution in [0.5, 0.6) is 0 Å². The molecule has 0 bridgehead atoms. The van der Waals surface area contributed by atoms with E-state index in [1.165, 1.54) is 27.8 Å². The van der Waals surface area contributed by atoms with Crippen LogP contribution in [0, 0.1) is 11.8 Å². The number of phosphoric ester groups is 1. The SMILES string of the molecule is CCC#CC1=CN([C@H]2C[C@@H](OCSSC(C)(C)C)[C@@H](COP(=O)(O)OP(=O)(O)OP(=O)(O)O)O2)C(=O)NC1O. The van der Waals surface area contributed by atoms with Crippen molar-refractivity contribution >= 4 is 51.1 Å². The van der Waals surface area contributed by atoms with E-state index >= 15 is 0 Å². The predicted molar refractivity (Wildman–Crippen MR) is 140 cm³/mol. The van der Waals surface area contributed by atoms with Gasteiger partial charge < -0.3 is 39.5 Å².